The Kier molecular flexibility index (Phi) is 6.76. The first kappa shape index (κ1) is 20.1. The van der Waals surface area contributed by atoms with E-state index in [1.807, 2.05) is 25.6 Å². The van der Waals surface area contributed by atoms with Gasteiger partial charge in [0.25, 0.3) is 0 Å². The van der Waals surface area contributed by atoms with Crippen LogP contribution in [0.4, 0.5) is 0 Å². The summed E-state index contributed by atoms with van der Waals surface area (Å²) in [4.78, 5) is 1.45. The summed E-state index contributed by atoms with van der Waals surface area (Å²) >= 11 is 2.00. The molecule has 0 saturated carbocycles. The van der Waals surface area contributed by atoms with Crippen LogP contribution in [-0.4, -0.2) is 11.3 Å². The smallest absolute Gasteiger partial charge is 0.0110 e. The molecule has 2 N–H and O–H groups in total. The van der Waals surface area contributed by atoms with Crippen LogP contribution >= 0.6 is 11.8 Å². The van der Waals surface area contributed by atoms with Crippen LogP contribution in [0, 0.1) is 13.8 Å². The number of hydrogen-bond acceptors (Lipinski definition) is 2. The molecule has 1 aliphatic heterocycles. The summed E-state index contributed by atoms with van der Waals surface area (Å²) in [6, 6.07) is 16.0. The lowest BCUT2D eigenvalue weighted by Crippen LogP contribution is -2.36. The molecule has 0 aromatic heterocycles. The van der Waals surface area contributed by atoms with Gasteiger partial charge in [0.2, 0.25) is 0 Å². The first-order valence-corrected chi connectivity index (χ1v) is 10.4. The van der Waals surface area contributed by atoms with Gasteiger partial charge in [-0.15, -0.1) is 11.8 Å². The van der Waals surface area contributed by atoms with E-state index in [1.165, 1.54) is 27.1 Å². The van der Waals surface area contributed by atoms with Crippen LogP contribution in [0.15, 0.2) is 47.4 Å². The van der Waals surface area contributed by atoms with Gasteiger partial charge >= 0.3 is 0 Å². The Balaban J connectivity index is 0.00000109. The van der Waals surface area contributed by atoms with E-state index in [0.717, 1.165) is 12.2 Å². The summed E-state index contributed by atoms with van der Waals surface area (Å²) in [7, 11) is 0. The highest BCUT2D eigenvalue weighted by Gasteiger charge is 2.34. The monoisotopic (exact) mass is 355 g/mol. The van der Waals surface area contributed by atoms with E-state index in [1.54, 1.807) is 0 Å². The topological polar surface area (TPSA) is 26.0 Å². The Hall–Kier alpha value is -1.25. The van der Waals surface area contributed by atoms with Gasteiger partial charge in [0.1, 0.15) is 0 Å². The number of nitrogens with two attached hydrogens (primary N) is 1. The Bertz CT molecular complexity index is 682. The van der Waals surface area contributed by atoms with Crippen molar-refractivity contribution in [3.8, 4) is 0 Å². The van der Waals surface area contributed by atoms with E-state index in [-0.39, 0.29) is 5.54 Å². The molecule has 0 radical (unpaired) electrons. The van der Waals surface area contributed by atoms with Crippen LogP contribution in [-0.2, 0) is 0 Å². The van der Waals surface area contributed by atoms with Crippen LogP contribution in [0.3, 0.4) is 0 Å². The van der Waals surface area contributed by atoms with Gasteiger partial charge in [0.05, 0.1) is 0 Å². The van der Waals surface area contributed by atoms with Crippen molar-refractivity contribution in [2.24, 2.45) is 5.73 Å². The Labute approximate surface area is 158 Å². The van der Waals surface area contributed by atoms with Crippen molar-refractivity contribution in [3.05, 3.63) is 64.7 Å². The Morgan fingerprint density at radius 1 is 1.00 bits per heavy atom. The second kappa shape index (κ2) is 8.42. The number of benzene rings is 2. The molecule has 1 heterocycles. The van der Waals surface area contributed by atoms with Crippen molar-refractivity contribution in [2.45, 2.75) is 70.2 Å². The fraction of sp³-hybridized carbons (Fsp3) is 0.478. The third kappa shape index (κ3) is 5.12. The molecule has 2 aromatic rings. The number of aryl methyl sites for hydroxylation is 2. The molecule has 0 aliphatic carbocycles. The number of fused-ring (bicyclic) bond motifs is 1. The van der Waals surface area contributed by atoms with Gasteiger partial charge in [0.15, 0.2) is 0 Å². The van der Waals surface area contributed by atoms with Crippen molar-refractivity contribution < 1.29 is 0 Å². The predicted octanol–water partition coefficient (Wildman–Crippen LogP) is 6.43. The molecule has 0 fully saturated rings. The SMILES string of the molecule is CC.Cc1ccc(C2CSc3cc(C)ccc3C2CC(C)(C)N)cc1. The maximum absolute atomic E-state index is 6.41. The van der Waals surface area contributed by atoms with Crippen LogP contribution in [0.25, 0.3) is 0 Å². The minimum atomic E-state index is -0.155. The second-order valence-electron chi connectivity index (χ2n) is 7.67. The zero-order valence-electron chi connectivity index (χ0n) is 16.6. The largest absolute Gasteiger partial charge is 0.326 e. The first-order valence-electron chi connectivity index (χ1n) is 9.42. The quantitative estimate of drug-likeness (QED) is 0.686. The lowest BCUT2D eigenvalue weighted by molar-refractivity contribution is 0.390. The third-order valence-corrected chi connectivity index (χ3v) is 5.91. The molecule has 25 heavy (non-hydrogen) atoms. The van der Waals surface area contributed by atoms with Gasteiger partial charge in [0, 0.05) is 22.1 Å². The highest BCUT2D eigenvalue weighted by molar-refractivity contribution is 7.99. The van der Waals surface area contributed by atoms with E-state index in [4.69, 9.17) is 5.73 Å². The van der Waals surface area contributed by atoms with Gasteiger partial charge in [-0.05, 0) is 57.2 Å². The predicted molar refractivity (Wildman–Crippen MR) is 113 cm³/mol. The Morgan fingerprint density at radius 3 is 2.20 bits per heavy atom. The summed E-state index contributed by atoms with van der Waals surface area (Å²) in [5, 5.41) is 0. The lowest BCUT2D eigenvalue weighted by Gasteiger charge is -2.37. The summed E-state index contributed by atoms with van der Waals surface area (Å²) in [6.07, 6.45) is 1.02. The fourth-order valence-electron chi connectivity index (χ4n) is 3.55. The molecule has 0 saturated heterocycles. The standard InChI is InChI=1S/C21H27NS.C2H6/c1-14-5-8-16(9-6-14)19-13-23-20-11-15(2)7-10-17(20)18(19)12-21(3,4)22;1-2/h5-11,18-19H,12-13,22H2,1-4H3;1-2H3. The summed E-state index contributed by atoms with van der Waals surface area (Å²) in [6.45, 7) is 12.6. The normalized spacial score (nSPS) is 19.6. The maximum atomic E-state index is 6.41. The number of hydrogen-bond donors (Lipinski definition) is 1. The second-order valence-corrected chi connectivity index (χ2v) is 8.73. The van der Waals surface area contributed by atoms with E-state index in [9.17, 15) is 0 Å². The van der Waals surface area contributed by atoms with Gasteiger partial charge in [-0.3, -0.25) is 0 Å². The molecule has 1 nitrogen and oxygen atoms in total. The maximum Gasteiger partial charge on any atom is 0.0110 e. The third-order valence-electron chi connectivity index (χ3n) is 4.72. The van der Waals surface area contributed by atoms with Crippen LogP contribution in [0.2, 0.25) is 0 Å². The van der Waals surface area contributed by atoms with Crippen LogP contribution in [0.1, 0.15) is 68.2 Å². The molecule has 2 atom stereocenters. The molecule has 0 amide bonds. The van der Waals surface area contributed by atoms with E-state index in [0.29, 0.717) is 11.8 Å². The van der Waals surface area contributed by atoms with Crippen molar-refractivity contribution in [1.82, 2.24) is 0 Å². The summed E-state index contributed by atoms with van der Waals surface area (Å²) in [5.41, 5.74) is 11.9. The molecule has 3 rings (SSSR count). The van der Waals surface area contributed by atoms with Crippen molar-refractivity contribution in [2.75, 3.05) is 5.75 Å². The summed E-state index contributed by atoms with van der Waals surface area (Å²) < 4.78 is 0. The van der Waals surface area contributed by atoms with Crippen LogP contribution in [0.5, 0.6) is 0 Å². The molecule has 1 aliphatic rings. The van der Waals surface area contributed by atoms with E-state index < -0.39 is 0 Å². The Morgan fingerprint density at radius 2 is 1.60 bits per heavy atom. The molecule has 0 spiro atoms. The zero-order valence-corrected chi connectivity index (χ0v) is 17.4. The van der Waals surface area contributed by atoms with Crippen molar-refractivity contribution >= 4 is 11.8 Å². The molecule has 2 unspecified atom stereocenters. The first-order chi connectivity index (χ1) is 11.8. The fourth-order valence-corrected chi connectivity index (χ4v) is 4.99. The van der Waals surface area contributed by atoms with Gasteiger partial charge < -0.3 is 5.73 Å². The highest BCUT2D eigenvalue weighted by Crippen LogP contribution is 2.48. The minimum absolute atomic E-state index is 0.155. The average molecular weight is 356 g/mol. The molecule has 136 valence electrons. The van der Waals surface area contributed by atoms with Crippen molar-refractivity contribution in [3.63, 3.8) is 0 Å². The zero-order chi connectivity index (χ0) is 18.6. The van der Waals surface area contributed by atoms with Gasteiger partial charge in [-0.2, -0.15) is 0 Å². The molecule has 2 aromatic carbocycles. The van der Waals surface area contributed by atoms with Crippen molar-refractivity contribution in [1.29, 1.82) is 0 Å². The average Bonchev–Trinajstić information content (AvgIpc) is 2.56. The van der Waals surface area contributed by atoms with Gasteiger partial charge in [-0.1, -0.05) is 61.4 Å². The van der Waals surface area contributed by atoms with Crippen LogP contribution < -0.4 is 5.73 Å². The number of thioether (sulfide) groups is 1. The lowest BCUT2D eigenvalue weighted by atomic mass is 9.75. The molecular weight excluding hydrogens is 322 g/mol. The minimum Gasteiger partial charge on any atom is -0.326 e. The molecule has 0 bridgehead atoms. The van der Waals surface area contributed by atoms with Gasteiger partial charge in [-0.25, -0.2) is 0 Å². The van der Waals surface area contributed by atoms with E-state index in [2.05, 4.69) is 70.2 Å². The number of rotatable bonds is 3. The molecule has 2 heteroatoms. The molecular formula is C23H33NS. The highest BCUT2D eigenvalue weighted by atomic mass is 32.2. The summed E-state index contributed by atoms with van der Waals surface area (Å²) in [5.74, 6) is 2.17. The van der Waals surface area contributed by atoms with E-state index >= 15 is 0 Å².